The molecule has 1 atom stereocenters. The van der Waals surface area contributed by atoms with Crippen molar-refractivity contribution in [2.24, 2.45) is 5.73 Å². The zero-order valence-electron chi connectivity index (χ0n) is 6.62. The zero-order valence-corrected chi connectivity index (χ0v) is 7.51. The van der Waals surface area contributed by atoms with Crippen LogP contribution in [0.5, 0.6) is 0 Å². The number of hydrogen-bond acceptors (Lipinski definition) is 2. The molecule has 0 aliphatic heterocycles. The van der Waals surface area contributed by atoms with Gasteiger partial charge in [0.1, 0.15) is 0 Å². The maximum atomic E-state index is 5.48. The summed E-state index contributed by atoms with van der Waals surface area (Å²) in [5.41, 5.74) is 7.94. The Morgan fingerprint density at radius 3 is 2.82 bits per heavy atom. The molecule has 1 aromatic rings. The second-order valence-corrected chi connectivity index (χ2v) is 3.29. The molecule has 0 bridgehead atoms. The number of rotatable bonds is 2. The molecule has 0 amide bonds. The van der Waals surface area contributed by atoms with Crippen LogP contribution in [-0.4, -0.2) is 6.54 Å². The first kappa shape index (κ1) is 8.62. The van der Waals surface area contributed by atoms with Crippen molar-refractivity contribution >= 4 is 12.6 Å². The summed E-state index contributed by atoms with van der Waals surface area (Å²) in [4.78, 5) is 0. The van der Waals surface area contributed by atoms with Gasteiger partial charge in [-0.15, -0.1) is 0 Å². The molecule has 1 nitrogen and oxygen atoms in total. The third kappa shape index (κ3) is 2.24. The highest BCUT2D eigenvalue weighted by Gasteiger charge is 2.02. The monoisotopic (exact) mass is 167 g/mol. The molecule has 60 valence electrons. The van der Waals surface area contributed by atoms with E-state index in [1.165, 1.54) is 11.1 Å². The first-order valence-corrected chi connectivity index (χ1v) is 4.20. The lowest BCUT2D eigenvalue weighted by atomic mass is 10.1. The predicted octanol–water partition coefficient (Wildman–Crippen LogP) is 1.92. The third-order valence-electron chi connectivity index (χ3n) is 1.65. The van der Waals surface area contributed by atoms with Gasteiger partial charge in [0, 0.05) is 11.8 Å². The predicted molar refractivity (Wildman–Crippen MR) is 52.0 cm³/mol. The summed E-state index contributed by atoms with van der Waals surface area (Å²) in [6.07, 6.45) is 0. The van der Waals surface area contributed by atoms with Gasteiger partial charge in [-0.05, 0) is 12.5 Å². The SMILES string of the molecule is Cc1cccc(C(S)CN)c1. The summed E-state index contributed by atoms with van der Waals surface area (Å²) < 4.78 is 0. The minimum atomic E-state index is 0.176. The first-order valence-electron chi connectivity index (χ1n) is 3.68. The molecule has 0 spiro atoms. The minimum absolute atomic E-state index is 0.176. The summed E-state index contributed by atoms with van der Waals surface area (Å²) >= 11 is 4.34. The Morgan fingerprint density at radius 1 is 1.55 bits per heavy atom. The van der Waals surface area contributed by atoms with Crippen LogP contribution in [0.2, 0.25) is 0 Å². The zero-order chi connectivity index (χ0) is 8.27. The normalized spacial score (nSPS) is 13.0. The van der Waals surface area contributed by atoms with Gasteiger partial charge in [0.15, 0.2) is 0 Å². The number of hydrogen-bond donors (Lipinski definition) is 2. The maximum absolute atomic E-state index is 5.48. The summed E-state index contributed by atoms with van der Waals surface area (Å²) in [5, 5.41) is 0.176. The molecule has 2 heteroatoms. The molecule has 0 aliphatic carbocycles. The van der Waals surface area contributed by atoms with Gasteiger partial charge in [-0.25, -0.2) is 0 Å². The fourth-order valence-electron chi connectivity index (χ4n) is 1.01. The second-order valence-electron chi connectivity index (χ2n) is 2.67. The lowest BCUT2D eigenvalue weighted by Crippen LogP contribution is -2.06. The smallest absolute Gasteiger partial charge is 0.0389 e. The molecule has 0 saturated carbocycles. The highest BCUT2D eigenvalue weighted by molar-refractivity contribution is 7.80. The Morgan fingerprint density at radius 2 is 2.27 bits per heavy atom. The molecule has 0 fully saturated rings. The lowest BCUT2D eigenvalue weighted by molar-refractivity contribution is 0.947. The van der Waals surface area contributed by atoms with Gasteiger partial charge in [0.05, 0.1) is 0 Å². The van der Waals surface area contributed by atoms with E-state index < -0.39 is 0 Å². The van der Waals surface area contributed by atoms with E-state index in [1.807, 2.05) is 6.07 Å². The van der Waals surface area contributed by atoms with Crippen molar-refractivity contribution in [1.82, 2.24) is 0 Å². The Labute approximate surface area is 73.0 Å². The van der Waals surface area contributed by atoms with E-state index in [2.05, 4.69) is 37.8 Å². The molecule has 0 aliphatic rings. The van der Waals surface area contributed by atoms with Crippen LogP contribution in [0.15, 0.2) is 24.3 Å². The molecule has 1 rings (SSSR count). The van der Waals surface area contributed by atoms with Crippen molar-refractivity contribution in [3.63, 3.8) is 0 Å². The summed E-state index contributed by atoms with van der Waals surface area (Å²) in [7, 11) is 0. The van der Waals surface area contributed by atoms with E-state index in [0.717, 1.165) is 0 Å². The van der Waals surface area contributed by atoms with Crippen LogP contribution in [0.4, 0.5) is 0 Å². The highest BCUT2D eigenvalue weighted by Crippen LogP contribution is 2.18. The van der Waals surface area contributed by atoms with Crippen molar-refractivity contribution in [2.45, 2.75) is 12.2 Å². The molecule has 1 aromatic carbocycles. The van der Waals surface area contributed by atoms with Crippen molar-refractivity contribution in [3.8, 4) is 0 Å². The molecule has 0 aromatic heterocycles. The van der Waals surface area contributed by atoms with Crippen LogP contribution in [0, 0.1) is 6.92 Å². The number of nitrogens with two attached hydrogens (primary N) is 1. The van der Waals surface area contributed by atoms with E-state index in [1.54, 1.807) is 0 Å². The maximum Gasteiger partial charge on any atom is 0.0389 e. The first-order chi connectivity index (χ1) is 5.24. The van der Waals surface area contributed by atoms with Crippen LogP contribution in [0.3, 0.4) is 0 Å². The standard InChI is InChI=1S/C9H13NS/c1-7-3-2-4-8(5-7)9(11)6-10/h2-5,9,11H,6,10H2,1H3. The van der Waals surface area contributed by atoms with Gasteiger partial charge in [0.2, 0.25) is 0 Å². The van der Waals surface area contributed by atoms with Crippen molar-refractivity contribution in [1.29, 1.82) is 0 Å². The summed E-state index contributed by atoms with van der Waals surface area (Å²) in [6, 6.07) is 8.27. The summed E-state index contributed by atoms with van der Waals surface area (Å²) in [5.74, 6) is 0. The summed E-state index contributed by atoms with van der Waals surface area (Å²) in [6.45, 7) is 2.66. The molecule has 11 heavy (non-hydrogen) atoms. The van der Waals surface area contributed by atoms with Crippen molar-refractivity contribution in [3.05, 3.63) is 35.4 Å². The molecular weight excluding hydrogens is 154 g/mol. The Hall–Kier alpha value is -0.470. The molecule has 0 heterocycles. The van der Waals surface area contributed by atoms with E-state index in [0.29, 0.717) is 6.54 Å². The average Bonchev–Trinajstić information content (AvgIpc) is 2.03. The molecular formula is C9H13NS. The van der Waals surface area contributed by atoms with Crippen LogP contribution in [0.25, 0.3) is 0 Å². The fraction of sp³-hybridized carbons (Fsp3) is 0.333. The Kier molecular flexibility index (Phi) is 2.97. The topological polar surface area (TPSA) is 26.0 Å². The molecule has 0 saturated heterocycles. The van der Waals surface area contributed by atoms with Crippen LogP contribution in [-0.2, 0) is 0 Å². The molecule has 0 radical (unpaired) electrons. The van der Waals surface area contributed by atoms with Gasteiger partial charge in [0.25, 0.3) is 0 Å². The second kappa shape index (κ2) is 3.79. The fourth-order valence-corrected chi connectivity index (χ4v) is 1.17. The Balaban J connectivity index is 2.86. The molecule has 2 N–H and O–H groups in total. The van der Waals surface area contributed by atoms with Crippen molar-refractivity contribution in [2.75, 3.05) is 6.54 Å². The third-order valence-corrected chi connectivity index (χ3v) is 2.16. The number of aryl methyl sites for hydroxylation is 1. The largest absolute Gasteiger partial charge is 0.329 e. The van der Waals surface area contributed by atoms with E-state index >= 15 is 0 Å². The highest BCUT2D eigenvalue weighted by atomic mass is 32.1. The Bertz CT molecular complexity index is 235. The van der Waals surface area contributed by atoms with E-state index in [9.17, 15) is 0 Å². The van der Waals surface area contributed by atoms with Crippen LogP contribution < -0.4 is 5.73 Å². The van der Waals surface area contributed by atoms with Crippen LogP contribution >= 0.6 is 12.6 Å². The van der Waals surface area contributed by atoms with Crippen molar-refractivity contribution < 1.29 is 0 Å². The van der Waals surface area contributed by atoms with Gasteiger partial charge in [-0.2, -0.15) is 12.6 Å². The van der Waals surface area contributed by atoms with E-state index in [-0.39, 0.29) is 5.25 Å². The average molecular weight is 167 g/mol. The quantitative estimate of drug-likeness (QED) is 0.647. The lowest BCUT2D eigenvalue weighted by Gasteiger charge is -2.07. The van der Waals surface area contributed by atoms with E-state index in [4.69, 9.17) is 5.73 Å². The van der Waals surface area contributed by atoms with Crippen LogP contribution in [0.1, 0.15) is 16.4 Å². The molecule has 1 unspecified atom stereocenters. The van der Waals surface area contributed by atoms with Gasteiger partial charge < -0.3 is 5.73 Å². The number of thiol groups is 1. The van der Waals surface area contributed by atoms with Gasteiger partial charge in [-0.1, -0.05) is 29.8 Å². The number of benzene rings is 1. The van der Waals surface area contributed by atoms with Gasteiger partial charge in [-0.3, -0.25) is 0 Å². The van der Waals surface area contributed by atoms with Gasteiger partial charge >= 0.3 is 0 Å². The minimum Gasteiger partial charge on any atom is -0.329 e.